The van der Waals surface area contributed by atoms with E-state index in [0.717, 1.165) is 25.7 Å². The van der Waals surface area contributed by atoms with Gasteiger partial charge >= 0.3 is 6.18 Å². The fourth-order valence-electron chi connectivity index (χ4n) is 3.06. The Morgan fingerprint density at radius 3 is 2.44 bits per heavy atom. The second kappa shape index (κ2) is 8.31. The Morgan fingerprint density at radius 1 is 1.00 bits per heavy atom. The molecule has 0 aromatic heterocycles. The lowest BCUT2D eigenvalue weighted by atomic mass is 10.1. The summed E-state index contributed by atoms with van der Waals surface area (Å²) in [6.07, 6.45) is -4.32. The molecule has 4 nitrogen and oxygen atoms in total. The number of alkyl halides is 3. The predicted octanol–water partition coefficient (Wildman–Crippen LogP) is 3.78. The summed E-state index contributed by atoms with van der Waals surface area (Å²) in [5.41, 5.74) is 0.548. The molecule has 27 heavy (non-hydrogen) atoms. The molecule has 1 aliphatic rings. The molecule has 0 radical (unpaired) electrons. The van der Waals surface area contributed by atoms with Crippen LogP contribution in [0.25, 0.3) is 0 Å². The molecule has 1 aliphatic heterocycles. The summed E-state index contributed by atoms with van der Waals surface area (Å²) in [6.45, 7) is 4.10. The Morgan fingerprint density at radius 2 is 1.74 bits per heavy atom. The monoisotopic (exact) mass is 375 g/mol. The normalized spacial score (nSPS) is 15.4. The first-order chi connectivity index (χ1) is 13.0. The van der Waals surface area contributed by atoms with E-state index in [1.54, 1.807) is 24.3 Å². The van der Waals surface area contributed by atoms with Crippen LogP contribution in [-0.4, -0.2) is 44.2 Å². The van der Waals surface area contributed by atoms with E-state index in [4.69, 9.17) is 10.00 Å². The summed E-state index contributed by atoms with van der Waals surface area (Å²) in [5, 5.41) is 8.89. The van der Waals surface area contributed by atoms with E-state index in [-0.39, 0.29) is 0 Å². The smallest absolute Gasteiger partial charge is 0.416 e. The van der Waals surface area contributed by atoms with E-state index < -0.39 is 11.7 Å². The number of nitriles is 1. The lowest BCUT2D eigenvalue weighted by Gasteiger charge is -2.36. The van der Waals surface area contributed by atoms with Crippen LogP contribution in [0.4, 0.5) is 18.9 Å². The van der Waals surface area contributed by atoms with Crippen molar-refractivity contribution in [1.29, 1.82) is 5.26 Å². The Bertz CT molecular complexity index is 809. The molecular formula is C20H20F3N3O. The number of piperazine rings is 1. The van der Waals surface area contributed by atoms with Crippen LogP contribution < -0.4 is 9.64 Å². The van der Waals surface area contributed by atoms with Crippen LogP contribution in [0.5, 0.6) is 5.75 Å². The molecule has 0 N–H and O–H groups in total. The highest BCUT2D eigenvalue weighted by molar-refractivity contribution is 5.49. The van der Waals surface area contributed by atoms with Gasteiger partial charge in [0, 0.05) is 38.4 Å². The molecule has 1 fully saturated rings. The van der Waals surface area contributed by atoms with Gasteiger partial charge in [-0.3, -0.25) is 4.90 Å². The molecule has 0 amide bonds. The second-order valence-electron chi connectivity index (χ2n) is 6.36. The van der Waals surface area contributed by atoms with Crippen molar-refractivity contribution in [2.24, 2.45) is 0 Å². The molecule has 2 aromatic rings. The predicted molar refractivity (Wildman–Crippen MR) is 96.7 cm³/mol. The van der Waals surface area contributed by atoms with Gasteiger partial charge in [0.2, 0.25) is 0 Å². The quantitative estimate of drug-likeness (QED) is 0.797. The Labute approximate surface area is 156 Å². The van der Waals surface area contributed by atoms with Gasteiger partial charge in [0.1, 0.15) is 12.4 Å². The van der Waals surface area contributed by atoms with Crippen molar-refractivity contribution in [3.63, 3.8) is 0 Å². The highest BCUT2D eigenvalue weighted by atomic mass is 19.4. The summed E-state index contributed by atoms with van der Waals surface area (Å²) in [7, 11) is 0. The molecule has 0 aliphatic carbocycles. The molecule has 1 heterocycles. The number of benzene rings is 2. The number of hydrogen-bond donors (Lipinski definition) is 0. The molecule has 3 rings (SSSR count). The van der Waals surface area contributed by atoms with Gasteiger partial charge in [-0.15, -0.1) is 0 Å². The molecule has 2 aromatic carbocycles. The SMILES string of the molecule is N#Cc1cccc(OCCN2CCN(c3cccc(C(F)(F)F)c3)CC2)c1. The molecule has 7 heteroatoms. The van der Waals surface area contributed by atoms with Crippen molar-refractivity contribution in [2.45, 2.75) is 6.18 Å². The van der Waals surface area contributed by atoms with Gasteiger partial charge in [0.05, 0.1) is 17.2 Å². The van der Waals surface area contributed by atoms with Crippen molar-refractivity contribution >= 4 is 5.69 Å². The molecule has 0 atom stereocenters. The van der Waals surface area contributed by atoms with E-state index in [1.807, 2.05) is 11.0 Å². The molecule has 1 saturated heterocycles. The van der Waals surface area contributed by atoms with Crippen LogP contribution in [0.15, 0.2) is 48.5 Å². The lowest BCUT2D eigenvalue weighted by molar-refractivity contribution is -0.137. The first-order valence-corrected chi connectivity index (χ1v) is 8.73. The average Bonchev–Trinajstić information content (AvgIpc) is 2.68. The zero-order valence-corrected chi connectivity index (χ0v) is 14.7. The van der Waals surface area contributed by atoms with E-state index in [9.17, 15) is 13.2 Å². The van der Waals surface area contributed by atoms with E-state index in [1.165, 1.54) is 12.1 Å². The minimum Gasteiger partial charge on any atom is -0.492 e. The molecule has 0 saturated carbocycles. The van der Waals surface area contributed by atoms with E-state index in [0.29, 0.717) is 36.7 Å². The fourth-order valence-corrected chi connectivity index (χ4v) is 3.06. The maximum absolute atomic E-state index is 12.9. The van der Waals surface area contributed by atoms with Gasteiger partial charge in [0.25, 0.3) is 0 Å². The average molecular weight is 375 g/mol. The Kier molecular flexibility index (Phi) is 5.87. The first kappa shape index (κ1) is 19.1. The zero-order valence-electron chi connectivity index (χ0n) is 14.7. The lowest BCUT2D eigenvalue weighted by Crippen LogP contribution is -2.47. The van der Waals surface area contributed by atoms with Crippen molar-refractivity contribution in [3.05, 3.63) is 59.7 Å². The van der Waals surface area contributed by atoms with Crippen LogP contribution in [0, 0.1) is 11.3 Å². The van der Waals surface area contributed by atoms with Gasteiger partial charge in [-0.2, -0.15) is 18.4 Å². The molecule has 0 unspecified atom stereocenters. The summed E-state index contributed by atoms with van der Waals surface area (Å²) in [5.74, 6) is 0.664. The number of halogens is 3. The minimum atomic E-state index is -4.32. The largest absolute Gasteiger partial charge is 0.492 e. The standard InChI is InChI=1S/C20H20F3N3O/c21-20(22,23)17-4-2-5-18(14-17)26-9-7-25(8-10-26)11-12-27-19-6-1-3-16(13-19)15-24/h1-6,13-14H,7-12H2. The summed E-state index contributed by atoms with van der Waals surface area (Å²) in [4.78, 5) is 4.20. The maximum Gasteiger partial charge on any atom is 0.416 e. The van der Waals surface area contributed by atoms with Crippen LogP contribution in [0.1, 0.15) is 11.1 Å². The third-order valence-corrected chi connectivity index (χ3v) is 4.55. The van der Waals surface area contributed by atoms with Gasteiger partial charge in [-0.1, -0.05) is 12.1 Å². The molecule has 142 valence electrons. The Balaban J connectivity index is 1.47. The number of rotatable bonds is 5. The Hall–Kier alpha value is -2.72. The minimum absolute atomic E-state index is 0.498. The van der Waals surface area contributed by atoms with Crippen molar-refractivity contribution < 1.29 is 17.9 Å². The van der Waals surface area contributed by atoms with Gasteiger partial charge in [0.15, 0.2) is 0 Å². The molecular weight excluding hydrogens is 355 g/mol. The molecule has 0 bridgehead atoms. The van der Waals surface area contributed by atoms with Crippen molar-refractivity contribution in [2.75, 3.05) is 44.2 Å². The topological polar surface area (TPSA) is 39.5 Å². The van der Waals surface area contributed by atoms with Crippen LogP contribution >= 0.6 is 0 Å². The molecule has 0 spiro atoms. The van der Waals surface area contributed by atoms with E-state index in [2.05, 4.69) is 11.0 Å². The summed E-state index contributed by atoms with van der Waals surface area (Å²) < 4.78 is 44.3. The third kappa shape index (κ3) is 5.14. The number of hydrogen-bond acceptors (Lipinski definition) is 4. The summed E-state index contributed by atoms with van der Waals surface area (Å²) >= 11 is 0. The number of nitrogens with zero attached hydrogens (tertiary/aromatic N) is 3. The van der Waals surface area contributed by atoms with Crippen LogP contribution in [0.3, 0.4) is 0 Å². The summed E-state index contributed by atoms with van der Waals surface area (Å²) in [6, 6.07) is 14.6. The van der Waals surface area contributed by atoms with Crippen molar-refractivity contribution in [3.8, 4) is 11.8 Å². The number of ether oxygens (including phenoxy) is 1. The highest BCUT2D eigenvalue weighted by Crippen LogP contribution is 2.31. The highest BCUT2D eigenvalue weighted by Gasteiger charge is 2.31. The van der Waals surface area contributed by atoms with Crippen molar-refractivity contribution in [1.82, 2.24) is 4.90 Å². The first-order valence-electron chi connectivity index (χ1n) is 8.73. The van der Waals surface area contributed by atoms with Crippen LogP contribution in [-0.2, 0) is 6.18 Å². The third-order valence-electron chi connectivity index (χ3n) is 4.55. The van der Waals surface area contributed by atoms with E-state index >= 15 is 0 Å². The maximum atomic E-state index is 12.9. The second-order valence-corrected chi connectivity index (χ2v) is 6.36. The number of anilines is 1. The van der Waals surface area contributed by atoms with Gasteiger partial charge < -0.3 is 9.64 Å². The van der Waals surface area contributed by atoms with Crippen LogP contribution in [0.2, 0.25) is 0 Å². The fraction of sp³-hybridized carbons (Fsp3) is 0.350. The zero-order chi connectivity index (χ0) is 19.3. The van der Waals surface area contributed by atoms with Gasteiger partial charge in [-0.05, 0) is 36.4 Å². The van der Waals surface area contributed by atoms with Gasteiger partial charge in [-0.25, -0.2) is 0 Å².